The number of hydrogen-bond acceptors (Lipinski definition) is 6. The van der Waals surface area contributed by atoms with Crippen LogP contribution in [0.3, 0.4) is 0 Å². The van der Waals surface area contributed by atoms with E-state index >= 15 is 0 Å². The standard InChI is InChI=1S/C26H24N2O3S/c1-26(2)17-9-5-6-10-18(17)27(3)21(26)13-15-23(29)16(25(31)24(15)30)14-22-28(4)19-11-7-8-12-20(19)32-22/h5-14,21-22H,1-4H3/b15-13-,16-14-. The summed E-state index contributed by atoms with van der Waals surface area (Å²) in [6.07, 6.45) is 3.34. The Kier molecular flexibility index (Phi) is 4.67. The molecule has 162 valence electrons. The number of para-hydroxylation sites is 2. The van der Waals surface area contributed by atoms with Gasteiger partial charge in [-0.3, -0.25) is 14.4 Å². The van der Waals surface area contributed by atoms with Crippen molar-refractivity contribution in [3.05, 3.63) is 95.2 Å². The molecule has 0 spiro atoms. The van der Waals surface area contributed by atoms with Gasteiger partial charge in [0.1, 0.15) is 0 Å². The van der Waals surface area contributed by atoms with Crippen LogP contribution in [0.4, 0.5) is 11.4 Å². The minimum absolute atomic E-state index is 0.0119. The summed E-state index contributed by atoms with van der Waals surface area (Å²) in [6, 6.07) is 15.8. The van der Waals surface area contributed by atoms with Crippen molar-refractivity contribution >= 4 is 35.3 Å². The Labute approximate surface area is 190 Å². The van der Waals surface area contributed by atoms with E-state index < -0.39 is 16.3 Å². The molecule has 0 N–H and O–H groups in total. The summed E-state index contributed by atoms with van der Waals surface area (Å²) in [5.41, 5.74) is 1.09. The first-order valence-electron chi connectivity index (χ1n) is 10.6. The molecule has 0 aromatic heterocycles. The van der Waals surface area contributed by atoms with Crippen molar-refractivity contribution in [2.24, 2.45) is 0 Å². The molecule has 3 aromatic carbocycles. The lowest BCUT2D eigenvalue weighted by Gasteiger charge is -2.29. The summed E-state index contributed by atoms with van der Waals surface area (Å²) in [4.78, 5) is 44.1. The van der Waals surface area contributed by atoms with Crippen LogP contribution in [0.1, 0.15) is 19.4 Å². The summed E-state index contributed by atoms with van der Waals surface area (Å²) >= 11 is 1.57. The van der Waals surface area contributed by atoms with Crippen molar-refractivity contribution in [2.45, 2.75) is 35.6 Å². The van der Waals surface area contributed by atoms with Crippen LogP contribution >= 0.6 is 11.8 Å². The fourth-order valence-corrected chi connectivity index (χ4v) is 6.20. The van der Waals surface area contributed by atoms with Crippen LogP contribution in [0, 0.1) is 0 Å². The molecule has 0 fully saturated rings. The first-order chi connectivity index (χ1) is 15.2. The molecule has 2 unspecified atom stereocenters. The lowest BCUT2D eigenvalue weighted by atomic mass is 9.80. The van der Waals surface area contributed by atoms with Crippen LogP contribution < -0.4 is 36.5 Å². The molecule has 0 radical (unpaired) electrons. The van der Waals surface area contributed by atoms with Crippen LogP contribution in [0.5, 0.6) is 0 Å². The number of anilines is 2. The summed E-state index contributed by atoms with van der Waals surface area (Å²) in [5, 5.41) is -0.242. The van der Waals surface area contributed by atoms with E-state index in [0.29, 0.717) is 0 Å². The first kappa shape index (κ1) is 20.8. The van der Waals surface area contributed by atoms with Crippen LogP contribution in [0.15, 0.2) is 67.8 Å². The van der Waals surface area contributed by atoms with Gasteiger partial charge < -0.3 is 9.80 Å². The average Bonchev–Trinajstić information content (AvgIpc) is 3.28. The molecule has 0 saturated heterocycles. The van der Waals surface area contributed by atoms with Crippen molar-refractivity contribution in [1.82, 2.24) is 0 Å². The Morgan fingerprint density at radius 2 is 1.38 bits per heavy atom. The Hall–Kier alpha value is -3.12. The average molecular weight is 445 g/mol. The maximum atomic E-state index is 13.2. The Bertz CT molecular complexity index is 1500. The topological polar surface area (TPSA) is 57.7 Å². The van der Waals surface area contributed by atoms with Gasteiger partial charge in [0.05, 0.1) is 27.5 Å². The lowest BCUT2D eigenvalue weighted by molar-refractivity contribution is 0.504. The third kappa shape index (κ3) is 2.89. The molecule has 2 aliphatic rings. The quantitative estimate of drug-likeness (QED) is 0.560. The molecule has 6 heteroatoms. The second-order valence-electron chi connectivity index (χ2n) is 9.03. The summed E-state index contributed by atoms with van der Waals surface area (Å²) in [7, 11) is 3.88. The Morgan fingerprint density at radius 1 is 0.781 bits per heavy atom. The number of benzene rings is 2. The van der Waals surface area contributed by atoms with Gasteiger partial charge in [-0.2, -0.15) is 0 Å². The van der Waals surface area contributed by atoms with Crippen LogP contribution in [-0.4, -0.2) is 25.5 Å². The fraction of sp³-hybridized carbons (Fsp3) is 0.269. The molecule has 5 rings (SSSR count). The van der Waals surface area contributed by atoms with Gasteiger partial charge in [0.25, 0.3) is 0 Å². The molecule has 3 aromatic rings. The van der Waals surface area contributed by atoms with Gasteiger partial charge in [-0.15, -0.1) is 0 Å². The summed E-state index contributed by atoms with van der Waals surface area (Å²) < 4.78 is 0. The Morgan fingerprint density at radius 3 is 2.03 bits per heavy atom. The summed E-state index contributed by atoms with van der Waals surface area (Å²) in [6.45, 7) is 4.20. The second-order valence-corrected chi connectivity index (χ2v) is 10.2. The summed E-state index contributed by atoms with van der Waals surface area (Å²) in [5.74, 6) is 0. The molecular weight excluding hydrogens is 420 g/mol. The maximum Gasteiger partial charge on any atom is 0.237 e. The molecule has 0 amide bonds. The number of rotatable bonds is 2. The fourth-order valence-electron chi connectivity index (χ4n) is 4.98. The minimum Gasteiger partial charge on any atom is -0.367 e. The van der Waals surface area contributed by atoms with Crippen molar-refractivity contribution < 1.29 is 0 Å². The molecule has 0 saturated carbocycles. The van der Waals surface area contributed by atoms with Crippen molar-refractivity contribution in [3.63, 3.8) is 0 Å². The van der Waals surface area contributed by atoms with E-state index in [2.05, 4.69) is 24.8 Å². The van der Waals surface area contributed by atoms with E-state index in [-0.39, 0.29) is 27.3 Å². The van der Waals surface area contributed by atoms with Gasteiger partial charge >= 0.3 is 0 Å². The molecular formula is C26H24N2O3S. The molecule has 0 bridgehead atoms. The number of fused-ring (bicyclic) bond motifs is 2. The van der Waals surface area contributed by atoms with Gasteiger partial charge in [0.15, 0.2) is 0 Å². The van der Waals surface area contributed by atoms with Gasteiger partial charge in [-0.1, -0.05) is 55.9 Å². The number of hydrogen-bond donors (Lipinski definition) is 0. The predicted octanol–water partition coefficient (Wildman–Crippen LogP) is 1.57. The third-order valence-electron chi connectivity index (χ3n) is 6.83. The highest BCUT2D eigenvalue weighted by Gasteiger charge is 2.41. The zero-order valence-corrected chi connectivity index (χ0v) is 19.3. The van der Waals surface area contributed by atoms with E-state index in [4.69, 9.17) is 0 Å². The molecule has 32 heavy (non-hydrogen) atoms. The zero-order chi connectivity index (χ0) is 22.8. The number of likely N-dealkylation sites (N-methyl/N-ethyl adjacent to an activating group) is 1. The van der Waals surface area contributed by atoms with Gasteiger partial charge in [-0.05, 0) is 35.9 Å². The van der Waals surface area contributed by atoms with Crippen molar-refractivity contribution in [2.75, 3.05) is 23.9 Å². The zero-order valence-electron chi connectivity index (χ0n) is 18.5. The SMILES string of the molecule is CN1c2ccccc2SC1/C=c1\c(=O)c(=O)/c(=C\C2N(C)c3ccccc3C2(C)C)c1=O. The third-order valence-corrected chi connectivity index (χ3v) is 8.12. The second kappa shape index (κ2) is 7.20. The highest BCUT2D eigenvalue weighted by molar-refractivity contribution is 8.00. The van der Waals surface area contributed by atoms with Gasteiger partial charge in [0, 0.05) is 30.1 Å². The lowest BCUT2D eigenvalue weighted by Crippen LogP contribution is -2.44. The molecule has 2 atom stereocenters. The van der Waals surface area contributed by atoms with Crippen LogP contribution in [-0.2, 0) is 5.41 Å². The molecule has 2 aliphatic heterocycles. The van der Waals surface area contributed by atoms with Crippen LogP contribution in [0.25, 0.3) is 12.2 Å². The minimum atomic E-state index is -0.706. The van der Waals surface area contributed by atoms with E-state index in [0.717, 1.165) is 21.8 Å². The van der Waals surface area contributed by atoms with E-state index in [9.17, 15) is 14.4 Å². The van der Waals surface area contributed by atoms with Crippen molar-refractivity contribution in [1.29, 1.82) is 0 Å². The maximum absolute atomic E-state index is 13.2. The normalized spacial score (nSPS) is 22.5. The van der Waals surface area contributed by atoms with E-state index in [1.807, 2.05) is 61.5 Å². The van der Waals surface area contributed by atoms with Crippen LogP contribution in [0.2, 0.25) is 0 Å². The van der Waals surface area contributed by atoms with Gasteiger partial charge in [-0.25, -0.2) is 0 Å². The number of nitrogens with zero attached hydrogens (tertiary/aromatic N) is 2. The van der Waals surface area contributed by atoms with Crippen molar-refractivity contribution in [3.8, 4) is 0 Å². The molecule has 5 nitrogen and oxygen atoms in total. The Balaban J connectivity index is 1.62. The van der Waals surface area contributed by atoms with E-state index in [1.54, 1.807) is 23.9 Å². The number of thioether (sulfide) groups is 1. The first-order valence-corrected chi connectivity index (χ1v) is 11.5. The van der Waals surface area contributed by atoms with Gasteiger partial charge in [0.2, 0.25) is 16.3 Å². The largest absolute Gasteiger partial charge is 0.367 e. The molecule has 2 heterocycles. The monoisotopic (exact) mass is 444 g/mol. The predicted molar refractivity (Wildman–Crippen MR) is 132 cm³/mol. The highest BCUT2D eigenvalue weighted by Crippen LogP contribution is 2.44. The smallest absolute Gasteiger partial charge is 0.237 e. The molecule has 0 aliphatic carbocycles. The van der Waals surface area contributed by atoms with E-state index in [1.165, 1.54) is 0 Å². The highest BCUT2D eigenvalue weighted by atomic mass is 32.2.